The number of hydrogen-bond acceptors (Lipinski definition) is 4. The second-order valence-corrected chi connectivity index (χ2v) is 7.76. The van der Waals surface area contributed by atoms with Crippen LogP contribution < -0.4 is 3.93 Å². The fourth-order valence-corrected chi connectivity index (χ4v) is 2.20. The second-order valence-electron chi connectivity index (χ2n) is 5.03. The van der Waals surface area contributed by atoms with Crippen molar-refractivity contribution in [1.29, 1.82) is 0 Å². The van der Waals surface area contributed by atoms with E-state index < -0.39 is 21.5 Å². The summed E-state index contributed by atoms with van der Waals surface area (Å²) in [4.78, 5) is 12.0. The monoisotopic (exact) mass is 349 g/mol. The quantitative estimate of drug-likeness (QED) is 0.769. The predicted octanol–water partition coefficient (Wildman–Crippen LogP) is 3.14. The summed E-state index contributed by atoms with van der Waals surface area (Å²) in [6.07, 6.45) is 0.496. The molecule has 0 bridgehead atoms. The van der Waals surface area contributed by atoms with Crippen molar-refractivity contribution < 1.29 is 17.9 Å². The van der Waals surface area contributed by atoms with Crippen LogP contribution >= 0.6 is 16.1 Å². The molecule has 0 aromatic heterocycles. The Morgan fingerprint density at radius 2 is 1.89 bits per heavy atom. The molecule has 0 unspecified atom stereocenters. The molecule has 19 heavy (non-hydrogen) atoms. The van der Waals surface area contributed by atoms with E-state index in [1.807, 2.05) is 0 Å². The molecular weight excluding hydrogens is 334 g/mol. The van der Waals surface area contributed by atoms with Crippen LogP contribution in [0.1, 0.15) is 20.8 Å². The summed E-state index contributed by atoms with van der Waals surface area (Å²) in [5.74, 6) is 0. The predicted molar refractivity (Wildman–Crippen MR) is 77.2 cm³/mol. The highest BCUT2D eigenvalue weighted by Crippen LogP contribution is 2.24. The van der Waals surface area contributed by atoms with E-state index in [4.69, 9.17) is 4.74 Å². The highest BCUT2D eigenvalue weighted by molar-refractivity contribution is 9.10. The first-order chi connectivity index (χ1) is 8.50. The van der Waals surface area contributed by atoms with Crippen LogP contribution in [0.3, 0.4) is 0 Å². The van der Waals surface area contributed by atoms with Crippen LogP contribution in [0.15, 0.2) is 29.2 Å². The average molecular weight is 350 g/mol. The van der Waals surface area contributed by atoms with Crippen LogP contribution in [0.2, 0.25) is 0 Å². The number of amides is 1. The lowest BCUT2D eigenvalue weighted by atomic mass is 10.2. The van der Waals surface area contributed by atoms with Crippen molar-refractivity contribution in [2.45, 2.75) is 31.3 Å². The highest BCUT2D eigenvalue weighted by Gasteiger charge is 2.22. The Hall–Kier alpha value is -1.08. The van der Waals surface area contributed by atoms with Gasteiger partial charge in [0.15, 0.2) is 9.84 Å². The third-order valence-corrected chi connectivity index (χ3v) is 3.84. The van der Waals surface area contributed by atoms with Crippen molar-refractivity contribution in [3.63, 3.8) is 0 Å². The van der Waals surface area contributed by atoms with Gasteiger partial charge in [0.2, 0.25) is 0 Å². The zero-order chi connectivity index (χ0) is 14.8. The van der Waals surface area contributed by atoms with E-state index in [1.165, 1.54) is 12.1 Å². The van der Waals surface area contributed by atoms with E-state index in [2.05, 4.69) is 16.1 Å². The summed E-state index contributed by atoms with van der Waals surface area (Å²) in [6.45, 7) is 5.25. The Kier molecular flexibility index (Phi) is 4.63. The van der Waals surface area contributed by atoms with Crippen LogP contribution in [0.5, 0.6) is 0 Å². The van der Waals surface area contributed by atoms with Crippen LogP contribution in [-0.4, -0.2) is 26.4 Å². The van der Waals surface area contributed by atoms with Crippen LogP contribution in [-0.2, 0) is 14.6 Å². The molecule has 0 N–H and O–H groups in total. The molecule has 0 fully saturated rings. The van der Waals surface area contributed by atoms with E-state index in [-0.39, 0.29) is 4.90 Å². The van der Waals surface area contributed by atoms with Crippen molar-refractivity contribution in [2.75, 3.05) is 10.2 Å². The molecule has 0 heterocycles. The number of hydrogen-bond donors (Lipinski definition) is 0. The van der Waals surface area contributed by atoms with Gasteiger partial charge < -0.3 is 4.74 Å². The smallest absolute Gasteiger partial charge is 0.425 e. The Morgan fingerprint density at radius 1 is 1.32 bits per heavy atom. The van der Waals surface area contributed by atoms with Gasteiger partial charge >= 0.3 is 6.09 Å². The molecule has 0 radical (unpaired) electrons. The molecular formula is C12H16BrNO4S. The minimum absolute atomic E-state index is 0.137. The highest BCUT2D eigenvalue weighted by atomic mass is 79.9. The largest absolute Gasteiger partial charge is 0.443 e. The van der Waals surface area contributed by atoms with Gasteiger partial charge in [-0.3, -0.25) is 0 Å². The van der Waals surface area contributed by atoms with Gasteiger partial charge in [0, 0.05) is 6.26 Å². The summed E-state index contributed by atoms with van der Waals surface area (Å²) >= 11 is 3.07. The Morgan fingerprint density at radius 3 is 2.37 bits per heavy atom. The molecule has 1 rings (SSSR count). The molecule has 0 aliphatic rings. The Labute approximate surface area is 121 Å². The number of sulfone groups is 1. The summed E-state index contributed by atoms with van der Waals surface area (Å²) in [5.41, 5.74) is -0.241. The molecule has 7 heteroatoms. The number of carbonyl (C=O) groups is 1. The maximum Gasteiger partial charge on any atom is 0.425 e. The summed E-state index contributed by atoms with van der Waals surface area (Å²) in [6, 6.07) is 6.03. The van der Waals surface area contributed by atoms with E-state index >= 15 is 0 Å². The molecule has 1 aromatic rings. The maximum absolute atomic E-state index is 11.8. The molecule has 0 saturated heterocycles. The van der Waals surface area contributed by atoms with Crippen molar-refractivity contribution in [3.8, 4) is 0 Å². The lowest BCUT2D eigenvalue weighted by Gasteiger charge is -2.23. The van der Waals surface area contributed by atoms with Gasteiger partial charge in [-0.2, -0.15) is 0 Å². The van der Waals surface area contributed by atoms with Crippen LogP contribution in [0.4, 0.5) is 10.5 Å². The molecule has 0 atom stereocenters. The van der Waals surface area contributed by atoms with Gasteiger partial charge in [-0.05, 0) is 39.0 Å². The SMILES string of the molecule is CC(C)(C)OC(=O)N(Br)c1cccc(S(C)(=O)=O)c1. The first-order valence-corrected chi connectivity index (χ1v) is 8.10. The fraction of sp³-hybridized carbons (Fsp3) is 0.417. The van der Waals surface area contributed by atoms with Crippen molar-refractivity contribution in [3.05, 3.63) is 24.3 Å². The number of carbonyl (C=O) groups excluding carboxylic acids is 1. The summed E-state index contributed by atoms with van der Waals surface area (Å²) in [5, 5.41) is 0. The van der Waals surface area contributed by atoms with Gasteiger partial charge in [0.1, 0.15) is 5.60 Å². The lowest BCUT2D eigenvalue weighted by molar-refractivity contribution is 0.0614. The Balaban J connectivity index is 3.01. The number of rotatable bonds is 2. The average Bonchev–Trinajstić information content (AvgIpc) is 2.24. The molecule has 1 amide bonds. The maximum atomic E-state index is 11.8. The number of anilines is 1. The zero-order valence-electron chi connectivity index (χ0n) is 11.2. The third-order valence-electron chi connectivity index (χ3n) is 2.03. The second kappa shape index (κ2) is 5.50. The van der Waals surface area contributed by atoms with Gasteiger partial charge in [-0.15, -0.1) is 0 Å². The van der Waals surface area contributed by atoms with Crippen molar-refractivity contribution in [1.82, 2.24) is 0 Å². The molecule has 106 valence electrons. The molecule has 5 nitrogen and oxygen atoms in total. The molecule has 0 aliphatic heterocycles. The summed E-state index contributed by atoms with van der Waals surface area (Å²) < 4.78 is 29.2. The van der Waals surface area contributed by atoms with E-state index in [9.17, 15) is 13.2 Å². The minimum atomic E-state index is -3.32. The number of halogens is 1. The number of nitrogens with zero attached hydrogens (tertiary/aromatic N) is 1. The molecule has 0 aliphatic carbocycles. The van der Waals surface area contributed by atoms with Gasteiger partial charge in [0.05, 0.1) is 26.7 Å². The van der Waals surface area contributed by atoms with E-state index in [0.717, 1.165) is 10.2 Å². The molecule has 0 saturated carbocycles. The van der Waals surface area contributed by atoms with Crippen LogP contribution in [0.25, 0.3) is 0 Å². The van der Waals surface area contributed by atoms with Crippen molar-refractivity contribution >= 4 is 37.8 Å². The Bertz CT molecular complexity index is 578. The van der Waals surface area contributed by atoms with Gasteiger partial charge in [0.25, 0.3) is 0 Å². The van der Waals surface area contributed by atoms with Crippen LogP contribution in [0, 0.1) is 0 Å². The normalized spacial score (nSPS) is 12.1. The first-order valence-electron chi connectivity index (χ1n) is 5.50. The van der Waals surface area contributed by atoms with E-state index in [0.29, 0.717) is 5.69 Å². The fourth-order valence-electron chi connectivity index (χ4n) is 1.24. The number of ether oxygens (including phenoxy) is 1. The van der Waals surface area contributed by atoms with Gasteiger partial charge in [-0.1, -0.05) is 6.07 Å². The number of benzene rings is 1. The van der Waals surface area contributed by atoms with Crippen molar-refractivity contribution in [2.24, 2.45) is 0 Å². The molecule has 0 spiro atoms. The van der Waals surface area contributed by atoms with E-state index in [1.54, 1.807) is 32.9 Å². The standard InChI is InChI=1S/C12H16BrNO4S/c1-12(2,3)18-11(15)14(13)9-6-5-7-10(8-9)19(4,16)17/h5-8H,1-4H3. The topological polar surface area (TPSA) is 63.7 Å². The minimum Gasteiger partial charge on any atom is -0.443 e. The third kappa shape index (κ3) is 4.83. The van der Waals surface area contributed by atoms with Gasteiger partial charge in [-0.25, -0.2) is 17.1 Å². The zero-order valence-corrected chi connectivity index (χ0v) is 13.6. The lowest BCUT2D eigenvalue weighted by Crippen LogP contribution is -2.30. The molecule has 1 aromatic carbocycles. The first kappa shape index (κ1) is 16.0. The summed E-state index contributed by atoms with van der Waals surface area (Å²) in [7, 11) is -3.32.